The first kappa shape index (κ1) is 32.2. The van der Waals surface area contributed by atoms with Gasteiger partial charge in [0.25, 0.3) is 0 Å². The zero-order chi connectivity index (χ0) is 26.2. The van der Waals surface area contributed by atoms with Gasteiger partial charge in [-0.05, 0) is 82.2 Å². The summed E-state index contributed by atoms with van der Waals surface area (Å²) in [4.78, 5) is 21.5. The van der Waals surface area contributed by atoms with Gasteiger partial charge in [-0.25, -0.2) is 9.59 Å². The van der Waals surface area contributed by atoms with Gasteiger partial charge >= 0.3 is 11.9 Å². The third kappa shape index (κ3) is 10.2. The fraction of sp³-hybridized carbons (Fsp3) is 0.333. The van der Waals surface area contributed by atoms with Crippen LogP contribution in [0, 0.1) is 48.5 Å². The number of hydrogen-bond acceptors (Lipinski definition) is 2. The van der Waals surface area contributed by atoms with Crippen LogP contribution in [0.25, 0.3) is 0 Å². The number of carboxylic acid groups (broad SMARTS) is 2. The third-order valence-electron chi connectivity index (χ3n) is 5.53. The molecule has 0 amide bonds. The van der Waals surface area contributed by atoms with Crippen molar-refractivity contribution in [3.63, 3.8) is 0 Å². The zero-order valence-corrected chi connectivity index (χ0v) is 24.0. The molecule has 190 valence electrons. The fourth-order valence-electron chi connectivity index (χ4n) is 3.99. The van der Waals surface area contributed by atoms with E-state index in [1.165, 1.54) is 11.1 Å². The van der Waals surface area contributed by atoms with E-state index < -0.39 is 11.9 Å². The minimum absolute atomic E-state index is 0. The average molecular weight is 564 g/mol. The SMILES string of the molecule is Cc1cc(C)c(C(=O)O)c(C)c1.Cc1cc(C)c(C(=O)O)c(C)c1.Cc1ccc(C(C)C)cc1.[Ru]. The molecule has 0 aliphatic heterocycles. The van der Waals surface area contributed by atoms with Crippen molar-refractivity contribution in [1.29, 1.82) is 0 Å². The van der Waals surface area contributed by atoms with Gasteiger partial charge in [-0.1, -0.05) is 79.1 Å². The summed E-state index contributed by atoms with van der Waals surface area (Å²) in [5.74, 6) is -1.03. The molecule has 0 bridgehead atoms. The molecule has 0 saturated heterocycles. The van der Waals surface area contributed by atoms with Crippen LogP contribution in [0.3, 0.4) is 0 Å². The van der Waals surface area contributed by atoms with Crippen LogP contribution >= 0.6 is 0 Å². The number of hydrogen-bond donors (Lipinski definition) is 2. The number of carbonyl (C=O) groups is 2. The molecule has 0 heterocycles. The molecule has 0 aliphatic rings. The van der Waals surface area contributed by atoms with Crippen molar-refractivity contribution >= 4 is 11.9 Å². The van der Waals surface area contributed by atoms with Crippen molar-refractivity contribution in [2.24, 2.45) is 0 Å². The summed E-state index contributed by atoms with van der Waals surface area (Å²) in [7, 11) is 0. The first-order chi connectivity index (χ1) is 15.7. The molecule has 3 aromatic carbocycles. The minimum Gasteiger partial charge on any atom is -0.478 e. The van der Waals surface area contributed by atoms with Gasteiger partial charge in [0.1, 0.15) is 0 Å². The second-order valence-electron chi connectivity index (χ2n) is 9.22. The minimum atomic E-state index is -0.843. The zero-order valence-electron chi connectivity index (χ0n) is 22.3. The van der Waals surface area contributed by atoms with Crippen LogP contribution in [-0.4, -0.2) is 22.2 Å². The molecule has 5 heteroatoms. The molecule has 4 nitrogen and oxygen atoms in total. The molecule has 2 N–H and O–H groups in total. The van der Waals surface area contributed by atoms with E-state index in [-0.39, 0.29) is 19.5 Å². The second-order valence-corrected chi connectivity index (χ2v) is 9.22. The summed E-state index contributed by atoms with van der Waals surface area (Å²) < 4.78 is 0. The molecule has 0 atom stereocenters. The van der Waals surface area contributed by atoms with Gasteiger partial charge in [0.2, 0.25) is 0 Å². The standard InChI is InChI=1S/2C10H12O2.C10H14.Ru/c2*1-6-4-7(2)9(10(11)12)8(3)5-6;1-8(2)10-6-4-9(3)5-7-10;/h2*4-5H,1-3H3,(H,11,12);4-8H,1-3H3;. The molecular weight excluding hydrogens is 525 g/mol. The van der Waals surface area contributed by atoms with Crippen LogP contribution in [0.4, 0.5) is 0 Å². The topological polar surface area (TPSA) is 74.6 Å². The Morgan fingerprint density at radius 2 is 0.857 bits per heavy atom. The van der Waals surface area contributed by atoms with Crippen molar-refractivity contribution in [1.82, 2.24) is 0 Å². The number of carboxylic acids is 2. The van der Waals surface area contributed by atoms with Gasteiger partial charge in [-0.2, -0.15) is 0 Å². The van der Waals surface area contributed by atoms with Crippen LogP contribution in [0.1, 0.15) is 85.0 Å². The van der Waals surface area contributed by atoms with E-state index in [0.717, 1.165) is 33.4 Å². The average Bonchev–Trinajstić information content (AvgIpc) is 2.67. The monoisotopic (exact) mass is 564 g/mol. The van der Waals surface area contributed by atoms with E-state index in [0.29, 0.717) is 17.0 Å². The third-order valence-corrected chi connectivity index (χ3v) is 5.53. The Morgan fingerprint density at radius 1 is 0.571 bits per heavy atom. The second kappa shape index (κ2) is 14.6. The van der Waals surface area contributed by atoms with Crippen molar-refractivity contribution in [3.8, 4) is 0 Å². The maximum Gasteiger partial charge on any atom is 0.336 e. The summed E-state index contributed by atoms with van der Waals surface area (Å²) in [6, 6.07) is 16.3. The van der Waals surface area contributed by atoms with E-state index >= 15 is 0 Å². The molecule has 3 rings (SSSR count). The molecule has 0 unspecified atom stereocenters. The Morgan fingerprint density at radius 3 is 1.09 bits per heavy atom. The van der Waals surface area contributed by atoms with Gasteiger partial charge in [0.05, 0.1) is 11.1 Å². The molecule has 0 fully saturated rings. The summed E-state index contributed by atoms with van der Waals surface area (Å²) >= 11 is 0. The Balaban J connectivity index is 0.000000491. The van der Waals surface area contributed by atoms with Crippen LogP contribution in [0.2, 0.25) is 0 Å². The Labute approximate surface area is 223 Å². The number of benzene rings is 3. The van der Waals surface area contributed by atoms with E-state index in [4.69, 9.17) is 10.2 Å². The number of aromatic carboxylic acids is 2. The van der Waals surface area contributed by atoms with Gasteiger partial charge in [0.15, 0.2) is 0 Å². The Kier molecular flexibility index (Phi) is 13.4. The quantitative estimate of drug-likeness (QED) is 0.320. The number of aryl methyl sites for hydroxylation is 7. The Bertz CT molecular complexity index is 1030. The molecule has 0 aliphatic carbocycles. The largest absolute Gasteiger partial charge is 0.478 e. The van der Waals surface area contributed by atoms with E-state index in [9.17, 15) is 9.59 Å². The molecule has 0 aromatic heterocycles. The predicted molar refractivity (Wildman–Crippen MR) is 140 cm³/mol. The normalized spacial score (nSPS) is 9.77. The summed E-state index contributed by atoms with van der Waals surface area (Å²) in [5.41, 5.74) is 9.17. The van der Waals surface area contributed by atoms with Crippen LogP contribution < -0.4 is 0 Å². The molecule has 0 saturated carbocycles. The van der Waals surface area contributed by atoms with Gasteiger partial charge in [-0.15, -0.1) is 0 Å². The van der Waals surface area contributed by atoms with Crippen molar-refractivity contribution in [2.75, 3.05) is 0 Å². The van der Waals surface area contributed by atoms with Gasteiger partial charge in [-0.3, -0.25) is 0 Å². The molecule has 3 aromatic rings. The van der Waals surface area contributed by atoms with Crippen LogP contribution in [0.5, 0.6) is 0 Å². The van der Waals surface area contributed by atoms with Crippen LogP contribution in [-0.2, 0) is 19.5 Å². The summed E-state index contributed by atoms with van der Waals surface area (Å²) in [6.07, 6.45) is 0. The van der Waals surface area contributed by atoms with Gasteiger partial charge < -0.3 is 10.2 Å². The predicted octanol–water partition coefficient (Wildman–Crippen LogP) is 7.74. The van der Waals surface area contributed by atoms with Crippen molar-refractivity contribution < 1.29 is 39.3 Å². The summed E-state index contributed by atoms with van der Waals surface area (Å²) in [5, 5.41) is 17.7. The maximum atomic E-state index is 10.8. The van der Waals surface area contributed by atoms with E-state index in [1.807, 2.05) is 65.8 Å². The first-order valence-electron chi connectivity index (χ1n) is 11.4. The molecular formula is C30H38O4Ru. The smallest absolute Gasteiger partial charge is 0.336 e. The van der Waals surface area contributed by atoms with Crippen LogP contribution in [0.15, 0.2) is 48.5 Å². The van der Waals surface area contributed by atoms with Crippen molar-refractivity contribution in [3.05, 3.63) is 104 Å². The number of rotatable bonds is 3. The summed E-state index contributed by atoms with van der Waals surface area (Å²) in [6.45, 7) is 17.8. The van der Waals surface area contributed by atoms with Crippen molar-refractivity contribution in [2.45, 2.75) is 68.2 Å². The molecule has 0 radical (unpaired) electrons. The first-order valence-corrected chi connectivity index (χ1v) is 11.4. The Hall–Kier alpha value is -2.78. The van der Waals surface area contributed by atoms with E-state index in [1.54, 1.807) is 0 Å². The van der Waals surface area contributed by atoms with Gasteiger partial charge in [0, 0.05) is 19.5 Å². The maximum absolute atomic E-state index is 10.8. The van der Waals surface area contributed by atoms with E-state index in [2.05, 4.69) is 45.0 Å². The molecule has 35 heavy (non-hydrogen) atoms. The fourth-order valence-corrected chi connectivity index (χ4v) is 3.99. The molecule has 0 spiro atoms.